The second-order valence-corrected chi connectivity index (χ2v) is 3.76. The number of carbonyl (C=O) groups is 1. The maximum absolute atomic E-state index is 11.2. The van der Waals surface area contributed by atoms with Crippen LogP contribution in [0.3, 0.4) is 0 Å². The molecule has 2 unspecified atom stereocenters. The van der Waals surface area contributed by atoms with Gasteiger partial charge in [0.1, 0.15) is 0 Å². The summed E-state index contributed by atoms with van der Waals surface area (Å²) < 4.78 is 5.00. The van der Waals surface area contributed by atoms with Crippen LogP contribution in [0.25, 0.3) is 0 Å². The minimum absolute atomic E-state index is 0.0292. The molecule has 1 heterocycles. The van der Waals surface area contributed by atoms with Crippen LogP contribution < -0.4 is 0 Å². The van der Waals surface area contributed by atoms with Crippen LogP contribution in [0.1, 0.15) is 33.1 Å². The molecule has 3 heteroatoms. The molecule has 2 atom stereocenters. The van der Waals surface area contributed by atoms with Gasteiger partial charge in [0.05, 0.1) is 5.92 Å². The smallest absolute Gasteiger partial charge is 0.343 e. The topological polar surface area (TPSA) is 26.3 Å². The van der Waals surface area contributed by atoms with E-state index in [0.29, 0.717) is 13.4 Å². The van der Waals surface area contributed by atoms with Crippen LogP contribution in [0, 0.1) is 11.8 Å². The highest BCUT2D eigenvalue weighted by Crippen LogP contribution is 2.23. The van der Waals surface area contributed by atoms with Crippen LogP contribution in [0.2, 0.25) is 6.32 Å². The van der Waals surface area contributed by atoms with Crippen molar-refractivity contribution < 1.29 is 9.45 Å². The Labute approximate surface area is 75.0 Å². The lowest BCUT2D eigenvalue weighted by Gasteiger charge is -2.22. The van der Waals surface area contributed by atoms with Crippen molar-refractivity contribution in [3.63, 3.8) is 0 Å². The van der Waals surface area contributed by atoms with Crippen molar-refractivity contribution in [2.45, 2.75) is 39.4 Å². The Morgan fingerprint density at radius 1 is 1.75 bits per heavy atom. The summed E-state index contributed by atoms with van der Waals surface area (Å²) in [6.07, 6.45) is 4.25. The molecule has 0 saturated carbocycles. The quantitative estimate of drug-likeness (QED) is 0.600. The van der Waals surface area contributed by atoms with Gasteiger partial charge >= 0.3 is 7.48 Å². The van der Waals surface area contributed by atoms with Crippen LogP contribution in [0.5, 0.6) is 0 Å². The van der Waals surface area contributed by atoms with E-state index in [1.807, 2.05) is 0 Å². The van der Waals surface area contributed by atoms with Gasteiger partial charge in [-0.25, -0.2) is 0 Å². The van der Waals surface area contributed by atoms with Crippen molar-refractivity contribution in [2.24, 2.45) is 11.8 Å². The van der Waals surface area contributed by atoms with Crippen molar-refractivity contribution in [3.05, 3.63) is 0 Å². The molecule has 0 radical (unpaired) electrons. The Morgan fingerprint density at radius 3 is 3.08 bits per heavy atom. The lowest BCUT2D eigenvalue weighted by Crippen LogP contribution is -2.26. The number of hydrogen-bond donors (Lipinski definition) is 0. The summed E-state index contributed by atoms with van der Waals surface area (Å²) in [5, 5.41) is 0. The van der Waals surface area contributed by atoms with Crippen molar-refractivity contribution >= 4 is 13.5 Å². The van der Waals surface area contributed by atoms with Gasteiger partial charge in [0.2, 0.25) is 0 Å². The Morgan fingerprint density at radius 2 is 2.50 bits per heavy atom. The molecular formula is C9H17BO2. The molecule has 1 fully saturated rings. The highest BCUT2D eigenvalue weighted by molar-refractivity contribution is 6.31. The predicted molar refractivity (Wildman–Crippen MR) is 50.2 cm³/mol. The van der Waals surface area contributed by atoms with Crippen molar-refractivity contribution in [1.29, 1.82) is 0 Å². The zero-order chi connectivity index (χ0) is 8.97. The molecule has 2 nitrogen and oxygen atoms in total. The molecule has 12 heavy (non-hydrogen) atoms. The van der Waals surface area contributed by atoms with E-state index in [-0.39, 0.29) is 11.9 Å². The maximum atomic E-state index is 11.2. The standard InChI is InChI=1S/C9H17BO2/c1-3-7(2)6-8-4-5-10-12-9(8)11/h7-8,10H,3-6H2,1-2H3. The summed E-state index contributed by atoms with van der Waals surface area (Å²) in [5.74, 6) is 0.871. The van der Waals surface area contributed by atoms with E-state index in [2.05, 4.69) is 13.8 Å². The molecule has 0 bridgehead atoms. The molecule has 1 aliphatic heterocycles. The second kappa shape index (κ2) is 4.53. The zero-order valence-corrected chi connectivity index (χ0v) is 8.01. The van der Waals surface area contributed by atoms with Gasteiger partial charge in [-0.2, -0.15) is 0 Å². The van der Waals surface area contributed by atoms with E-state index in [4.69, 9.17) is 4.65 Å². The molecule has 0 aromatic carbocycles. The largest absolute Gasteiger partial charge is 0.540 e. The van der Waals surface area contributed by atoms with Crippen LogP contribution >= 0.6 is 0 Å². The SMILES string of the molecule is CCC(C)CC1CCBOC1=O. The van der Waals surface area contributed by atoms with E-state index < -0.39 is 0 Å². The van der Waals surface area contributed by atoms with Gasteiger partial charge in [-0.1, -0.05) is 20.3 Å². The average molecular weight is 168 g/mol. The summed E-state index contributed by atoms with van der Waals surface area (Å²) in [6, 6.07) is 0. The molecule has 0 amide bonds. The van der Waals surface area contributed by atoms with E-state index >= 15 is 0 Å². The minimum Gasteiger partial charge on any atom is -0.540 e. The first-order chi connectivity index (χ1) is 5.74. The third kappa shape index (κ3) is 2.54. The predicted octanol–water partition coefficient (Wildman–Crippen LogP) is 1.76. The van der Waals surface area contributed by atoms with Crippen LogP contribution in [-0.2, 0) is 9.45 Å². The number of rotatable bonds is 3. The molecule has 1 rings (SSSR count). The van der Waals surface area contributed by atoms with Crippen molar-refractivity contribution in [3.8, 4) is 0 Å². The van der Waals surface area contributed by atoms with Crippen LogP contribution in [-0.4, -0.2) is 13.5 Å². The summed E-state index contributed by atoms with van der Waals surface area (Å²) in [4.78, 5) is 11.2. The second-order valence-electron chi connectivity index (χ2n) is 3.76. The minimum atomic E-state index is 0.0292. The number of hydrogen-bond acceptors (Lipinski definition) is 2. The summed E-state index contributed by atoms with van der Waals surface area (Å²) in [6.45, 7) is 4.36. The maximum Gasteiger partial charge on any atom is 0.343 e. The van der Waals surface area contributed by atoms with E-state index in [1.165, 1.54) is 0 Å². The molecule has 0 aromatic rings. The molecule has 0 N–H and O–H groups in total. The van der Waals surface area contributed by atoms with Gasteiger partial charge < -0.3 is 4.65 Å². The van der Waals surface area contributed by atoms with Gasteiger partial charge in [0, 0.05) is 0 Å². The summed E-state index contributed by atoms with van der Waals surface area (Å²) >= 11 is 0. The van der Waals surface area contributed by atoms with E-state index in [1.54, 1.807) is 0 Å². The van der Waals surface area contributed by atoms with Crippen LogP contribution in [0.15, 0.2) is 0 Å². The highest BCUT2D eigenvalue weighted by Gasteiger charge is 2.25. The Bertz CT molecular complexity index is 159. The molecule has 0 spiro atoms. The van der Waals surface area contributed by atoms with Gasteiger partial charge in [-0.3, -0.25) is 4.79 Å². The third-order valence-electron chi connectivity index (χ3n) is 2.66. The number of carbonyl (C=O) groups excluding carboxylic acids is 1. The first-order valence-electron chi connectivity index (χ1n) is 4.90. The lowest BCUT2D eigenvalue weighted by molar-refractivity contribution is -0.140. The summed E-state index contributed by atoms with van der Waals surface area (Å²) in [5.41, 5.74) is 0. The normalized spacial score (nSPS) is 25.8. The molecule has 1 saturated heterocycles. The van der Waals surface area contributed by atoms with E-state index in [9.17, 15) is 4.79 Å². The average Bonchev–Trinajstić information content (AvgIpc) is 2.09. The molecular weight excluding hydrogens is 151 g/mol. The zero-order valence-electron chi connectivity index (χ0n) is 8.01. The fraction of sp³-hybridized carbons (Fsp3) is 0.889. The monoisotopic (exact) mass is 168 g/mol. The molecule has 0 aromatic heterocycles. The Balaban J connectivity index is 2.34. The van der Waals surface area contributed by atoms with Gasteiger partial charge in [0.15, 0.2) is 0 Å². The third-order valence-corrected chi connectivity index (χ3v) is 2.66. The molecule has 1 aliphatic rings. The van der Waals surface area contributed by atoms with Crippen molar-refractivity contribution in [2.75, 3.05) is 0 Å². The molecule has 68 valence electrons. The van der Waals surface area contributed by atoms with Crippen molar-refractivity contribution in [1.82, 2.24) is 0 Å². The first-order valence-corrected chi connectivity index (χ1v) is 4.90. The highest BCUT2D eigenvalue weighted by atomic mass is 16.5. The molecule has 0 aliphatic carbocycles. The van der Waals surface area contributed by atoms with E-state index in [0.717, 1.165) is 25.6 Å². The van der Waals surface area contributed by atoms with Gasteiger partial charge in [-0.15, -0.1) is 0 Å². The Hall–Kier alpha value is -0.465. The fourth-order valence-electron chi connectivity index (χ4n) is 1.60. The first kappa shape index (κ1) is 9.62. The summed E-state index contributed by atoms with van der Waals surface area (Å²) in [7, 11) is 0.635. The lowest BCUT2D eigenvalue weighted by atomic mass is 9.80. The van der Waals surface area contributed by atoms with Gasteiger partial charge in [-0.05, 0) is 25.1 Å². The fourth-order valence-corrected chi connectivity index (χ4v) is 1.60. The Kier molecular flexibility index (Phi) is 3.64. The van der Waals surface area contributed by atoms with Crippen LogP contribution in [0.4, 0.5) is 0 Å². The van der Waals surface area contributed by atoms with Gasteiger partial charge in [0.25, 0.3) is 5.97 Å².